The molecule has 0 bridgehead atoms. The van der Waals surface area contributed by atoms with Gasteiger partial charge in [0.05, 0.1) is 11.5 Å². The second-order valence-corrected chi connectivity index (χ2v) is 8.25. The summed E-state index contributed by atoms with van der Waals surface area (Å²) < 4.78 is 5.32. The fourth-order valence-electron chi connectivity index (χ4n) is 3.51. The van der Waals surface area contributed by atoms with Gasteiger partial charge in [0.15, 0.2) is 0 Å². The predicted molar refractivity (Wildman–Crippen MR) is 105 cm³/mol. The van der Waals surface area contributed by atoms with Crippen LogP contribution in [0.25, 0.3) is 11.4 Å². The molecule has 5 nitrogen and oxygen atoms in total. The Kier molecular flexibility index (Phi) is 6.35. The van der Waals surface area contributed by atoms with Crippen LogP contribution in [0.1, 0.15) is 44.6 Å². The highest BCUT2D eigenvalue weighted by Crippen LogP contribution is 2.29. The van der Waals surface area contributed by atoms with Crippen molar-refractivity contribution in [1.82, 2.24) is 15.5 Å². The van der Waals surface area contributed by atoms with Crippen LogP contribution in [0.15, 0.2) is 28.8 Å². The molecular formula is C20H27N3O2S. The maximum atomic E-state index is 12.2. The maximum Gasteiger partial charge on any atom is 0.236 e. The summed E-state index contributed by atoms with van der Waals surface area (Å²) in [5.41, 5.74) is 2.09. The molecule has 1 saturated carbocycles. The molecule has 1 aliphatic carbocycles. The van der Waals surface area contributed by atoms with Gasteiger partial charge in [-0.15, -0.1) is 11.8 Å². The summed E-state index contributed by atoms with van der Waals surface area (Å²) in [6, 6.07) is 8.27. The first-order valence-corrected chi connectivity index (χ1v) is 10.5. The van der Waals surface area contributed by atoms with Crippen LogP contribution < -0.4 is 5.32 Å². The highest BCUT2D eigenvalue weighted by Gasteiger charge is 2.28. The molecule has 1 heterocycles. The topological polar surface area (TPSA) is 68.0 Å². The molecule has 0 unspecified atom stereocenters. The standard InChI is InChI=1S/C20H27N3O2S/c1-13-8-6-10-17(15(13)3)21-18(24)11-26-12-19-22-20(23-25-19)16-9-5-4-7-14(16)2/h4-5,7,9,13,15,17H,6,8,10-12H2,1-3H3,(H,21,24)/t13-,15-,17-/m0/s1. The van der Waals surface area contributed by atoms with Gasteiger partial charge < -0.3 is 9.84 Å². The lowest BCUT2D eigenvalue weighted by Gasteiger charge is -2.34. The first-order valence-electron chi connectivity index (χ1n) is 9.30. The van der Waals surface area contributed by atoms with Crippen molar-refractivity contribution in [3.05, 3.63) is 35.7 Å². The minimum atomic E-state index is 0.0968. The van der Waals surface area contributed by atoms with Crippen LogP contribution in [0.2, 0.25) is 0 Å². The number of carbonyl (C=O) groups is 1. The highest BCUT2D eigenvalue weighted by molar-refractivity contribution is 7.99. The van der Waals surface area contributed by atoms with Gasteiger partial charge in [-0.1, -0.05) is 56.1 Å². The third-order valence-corrected chi connectivity index (χ3v) is 6.28. The van der Waals surface area contributed by atoms with Crippen LogP contribution in [0.5, 0.6) is 0 Å². The second-order valence-electron chi connectivity index (χ2n) is 7.26. The molecule has 1 amide bonds. The van der Waals surface area contributed by atoms with Crippen molar-refractivity contribution in [3.63, 3.8) is 0 Å². The molecule has 1 fully saturated rings. The lowest BCUT2D eigenvalue weighted by molar-refractivity contribution is -0.119. The SMILES string of the molecule is Cc1ccccc1-c1noc(CSCC(=O)N[C@H]2CCC[C@H](C)[C@@H]2C)n1. The third-order valence-electron chi connectivity index (χ3n) is 5.37. The van der Waals surface area contributed by atoms with Crippen LogP contribution >= 0.6 is 11.8 Å². The van der Waals surface area contributed by atoms with Gasteiger partial charge >= 0.3 is 0 Å². The number of nitrogens with one attached hydrogen (secondary N) is 1. The number of aromatic nitrogens is 2. The summed E-state index contributed by atoms with van der Waals surface area (Å²) in [6.07, 6.45) is 3.56. The van der Waals surface area contributed by atoms with Crippen molar-refractivity contribution in [2.24, 2.45) is 11.8 Å². The number of rotatable bonds is 6. The van der Waals surface area contributed by atoms with E-state index < -0.39 is 0 Å². The smallest absolute Gasteiger partial charge is 0.236 e. The molecule has 6 heteroatoms. The minimum Gasteiger partial charge on any atom is -0.352 e. The van der Waals surface area contributed by atoms with E-state index in [1.54, 1.807) is 0 Å². The van der Waals surface area contributed by atoms with Gasteiger partial charge in [-0.2, -0.15) is 4.98 Å². The molecule has 0 saturated heterocycles. The van der Waals surface area contributed by atoms with E-state index in [9.17, 15) is 4.79 Å². The zero-order chi connectivity index (χ0) is 18.5. The molecule has 3 atom stereocenters. The Morgan fingerprint density at radius 2 is 2.12 bits per heavy atom. The second kappa shape index (κ2) is 8.71. The molecule has 0 spiro atoms. The first kappa shape index (κ1) is 19.0. The van der Waals surface area contributed by atoms with E-state index in [1.807, 2.05) is 31.2 Å². The normalized spacial score (nSPS) is 23.0. The van der Waals surface area contributed by atoms with E-state index in [1.165, 1.54) is 24.6 Å². The number of benzene rings is 1. The van der Waals surface area contributed by atoms with Crippen LogP contribution in [-0.4, -0.2) is 27.8 Å². The lowest BCUT2D eigenvalue weighted by atomic mass is 9.78. The number of nitrogens with zero attached hydrogens (tertiary/aromatic N) is 2. The fourth-order valence-corrected chi connectivity index (χ4v) is 4.17. The lowest BCUT2D eigenvalue weighted by Crippen LogP contribution is -2.44. The zero-order valence-electron chi connectivity index (χ0n) is 15.7. The quantitative estimate of drug-likeness (QED) is 0.821. The Morgan fingerprint density at radius 3 is 2.92 bits per heavy atom. The van der Waals surface area contributed by atoms with Crippen molar-refractivity contribution in [2.45, 2.75) is 51.8 Å². The van der Waals surface area contributed by atoms with Gasteiger partial charge in [-0.25, -0.2) is 0 Å². The van der Waals surface area contributed by atoms with Gasteiger partial charge in [0.1, 0.15) is 0 Å². The summed E-state index contributed by atoms with van der Waals surface area (Å²) in [4.78, 5) is 16.7. The molecule has 0 aliphatic heterocycles. The van der Waals surface area contributed by atoms with Crippen LogP contribution in [0.4, 0.5) is 0 Å². The molecule has 1 aromatic carbocycles. The van der Waals surface area contributed by atoms with E-state index >= 15 is 0 Å². The van der Waals surface area contributed by atoms with Crippen molar-refractivity contribution >= 4 is 17.7 Å². The van der Waals surface area contributed by atoms with Crippen molar-refractivity contribution in [1.29, 1.82) is 0 Å². The minimum absolute atomic E-state index is 0.0968. The number of hydrogen-bond acceptors (Lipinski definition) is 5. The number of amides is 1. The predicted octanol–water partition coefficient (Wildman–Crippen LogP) is 4.22. The number of thioether (sulfide) groups is 1. The van der Waals surface area contributed by atoms with Gasteiger partial charge in [0.25, 0.3) is 0 Å². The Balaban J connectivity index is 1.46. The summed E-state index contributed by atoms with van der Waals surface area (Å²) in [5, 5.41) is 7.25. The molecule has 0 radical (unpaired) electrons. The van der Waals surface area contributed by atoms with Crippen LogP contribution in [0, 0.1) is 18.8 Å². The summed E-state index contributed by atoms with van der Waals surface area (Å²) in [7, 11) is 0. The molecular weight excluding hydrogens is 346 g/mol. The van der Waals surface area contributed by atoms with E-state index in [-0.39, 0.29) is 5.91 Å². The summed E-state index contributed by atoms with van der Waals surface area (Å²) in [5.74, 6) is 3.45. The summed E-state index contributed by atoms with van der Waals surface area (Å²) in [6.45, 7) is 6.55. The van der Waals surface area contributed by atoms with E-state index in [2.05, 4.69) is 29.3 Å². The third kappa shape index (κ3) is 4.67. The average Bonchev–Trinajstić information content (AvgIpc) is 3.08. The van der Waals surface area contributed by atoms with Gasteiger partial charge in [0.2, 0.25) is 17.6 Å². The molecule has 1 aromatic heterocycles. The van der Waals surface area contributed by atoms with Gasteiger partial charge in [0, 0.05) is 11.6 Å². The summed E-state index contributed by atoms with van der Waals surface area (Å²) >= 11 is 1.51. The van der Waals surface area contributed by atoms with E-state index in [0.717, 1.165) is 17.5 Å². The molecule has 26 heavy (non-hydrogen) atoms. The van der Waals surface area contributed by atoms with Crippen LogP contribution in [0.3, 0.4) is 0 Å². The molecule has 2 aromatic rings. The Morgan fingerprint density at radius 1 is 1.31 bits per heavy atom. The number of hydrogen-bond donors (Lipinski definition) is 1. The maximum absolute atomic E-state index is 12.2. The first-order chi connectivity index (χ1) is 12.5. The van der Waals surface area contributed by atoms with Gasteiger partial charge in [-0.3, -0.25) is 4.79 Å². The average molecular weight is 374 g/mol. The molecule has 3 rings (SSSR count). The Bertz CT molecular complexity index is 746. The van der Waals surface area contributed by atoms with Crippen molar-refractivity contribution in [3.8, 4) is 11.4 Å². The largest absolute Gasteiger partial charge is 0.352 e. The fraction of sp³-hybridized carbons (Fsp3) is 0.550. The van der Waals surface area contributed by atoms with Crippen molar-refractivity contribution < 1.29 is 9.32 Å². The zero-order valence-corrected chi connectivity index (χ0v) is 16.5. The van der Waals surface area contributed by atoms with Crippen molar-refractivity contribution in [2.75, 3.05) is 5.75 Å². The Hall–Kier alpha value is -1.82. The van der Waals surface area contributed by atoms with Gasteiger partial charge in [-0.05, 0) is 30.7 Å². The number of carbonyl (C=O) groups excluding carboxylic acids is 1. The molecule has 1 N–H and O–H groups in total. The Labute approximate surface area is 159 Å². The monoisotopic (exact) mass is 373 g/mol. The van der Waals surface area contributed by atoms with E-state index in [4.69, 9.17) is 4.52 Å². The molecule has 140 valence electrons. The molecule has 1 aliphatic rings. The van der Waals surface area contributed by atoms with Crippen LogP contribution in [-0.2, 0) is 10.5 Å². The number of aryl methyl sites for hydroxylation is 1. The van der Waals surface area contributed by atoms with E-state index in [0.29, 0.717) is 41.1 Å². The highest BCUT2D eigenvalue weighted by atomic mass is 32.2.